The number of rotatable bonds is 7. The molecule has 4 heteroatoms. The third kappa shape index (κ3) is 3.98. The maximum atomic E-state index is 6.15. The average molecular weight is 342 g/mol. The Bertz CT molecular complexity index is 794. The molecular weight excluding hydrogens is 322 g/mol. The summed E-state index contributed by atoms with van der Waals surface area (Å²) in [5, 5.41) is 1.75. The lowest BCUT2D eigenvalue weighted by Gasteiger charge is -2.11. The molecule has 2 aromatic carbocycles. The second kappa shape index (κ2) is 8.02. The van der Waals surface area contributed by atoms with E-state index in [1.54, 1.807) is 6.20 Å². The van der Waals surface area contributed by atoms with Crippen LogP contribution in [0.1, 0.15) is 18.4 Å². The first-order chi connectivity index (χ1) is 11.8. The topological polar surface area (TPSA) is 31.4 Å². The lowest BCUT2D eigenvalue weighted by atomic mass is 10.2. The molecule has 0 aliphatic heterocycles. The minimum absolute atomic E-state index is 0.627. The fourth-order valence-corrected chi connectivity index (χ4v) is 2.83. The van der Waals surface area contributed by atoms with Gasteiger partial charge in [-0.2, -0.15) is 0 Å². The van der Waals surface area contributed by atoms with E-state index in [-0.39, 0.29) is 0 Å². The summed E-state index contributed by atoms with van der Waals surface area (Å²) in [6.07, 6.45) is 3.60. The Morgan fingerprint density at radius 1 is 0.917 bits per heavy atom. The van der Waals surface area contributed by atoms with Crippen molar-refractivity contribution in [3.05, 3.63) is 65.3 Å². The van der Waals surface area contributed by atoms with E-state index in [0.29, 0.717) is 18.2 Å². The van der Waals surface area contributed by atoms with Crippen LogP contribution in [0.15, 0.2) is 54.7 Å². The van der Waals surface area contributed by atoms with E-state index in [1.165, 1.54) is 0 Å². The van der Waals surface area contributed by atoms with Crippen molar-refractivity contribution in [1.29, 1.82) is 0 Å². The molecule has 0 saturated carbocycles. The SMILES string of the molecule is Cc1cccc(Cl)c1OCCCCOc1cccc2cccnc12. The summed E-state index contributed by atoms with van der Waals surface area (Å²) >= 11 is 6.15. The predicted molar refractivity (Wildman–Crippen MR) is 98.2 cm³/mol. The van der Waals surface area contributed by atoms with Crippen molar-refractivity contribution in [2.75, 3.05) is 13.2 Å². The van der Waals surface area contributed by atoms with Crippen molar-refractivity contribution in [2.45, 2.75) is 19.8 Å². The van der Waals surface area contributed by atoms with E-state index in [1.807, 2.05) is 55.5 Å². The average Bonchev–Trinajstić information content (AvgIpc) is 2.60. The first-order valence-electron chi connectivity index (χ1n) is 8.10. The van der Waals surface area contributed by atoms with Crippen LogP contribution in [0.25, 0.3) is 10.9 Å². The van der Waals surface area contributed by atoms with E-state index in [4.69, 9.17) is 21.1 Å². The number of ether oxygens (including phenoxy) is 2. The zero-order chi connectivity index (χ0) is 16.8. The van der Waals surface area contributed by atoms with Crippen molar-refractivity contribution in [2.24, 2.45) is 0 Å². The normalized spacial score (nSPS) is 10.8. The van der Waals surface area contributed by atoms with E-state index in [9.17, 15) is 0 Å². The van der Waals surface area contributed by atoms with Crippen LogP contribution in [0.4, 0.5) is 0 Å². The van der Waals surface area contributed by atoms with Crippen LogP contribution in [0.2, 0.25) is 5.02 Å². The van der Waals surface area contributed by atoms with Crippen molar-refractivity contribution in [3.63, 3.8) is 0 Å². The quantitative estimate of drug-likeness (QED) is 0.536. The summed E-state index contributed by atoms with van der Waals surface area (Å²) in [5.41, 5.74) is 1.96. The molecule has 1 aromatic heterocycles. The number of hydrogen-bond acceptors (Lipinski definition) is 3. The zero-order valence-electron chi connectivity index (χ0n) is 13.7. The molecule has 124 valence electrons. The lowest BCUT2D eigenvalue weighted by molar-refractivity contribution is 0.267. The molecule has 0 unspecified atom stereocenters. The third-order valence-corrected chi connectivity index (χ3v) is 4.10. The number of unbranched alkanes of at least 4 members (excludes halogenated alkanes) is 1. The van der Waals surface area contributed by atoms with Gasteiger partial charge in [-0.15, -0.1) is 0 Å². The molecule has 1 heterocycles. The highest BCUT2D eigenvalue weighted by molar-refractivity contribution is 6.32. The van der Waals surface area contributed by atoms with Crippen LogP contribution in [0.5, 0.6) is 11.5 Å². The molecule has 0 radical (unpaired) electrons. The van der Waals surface area contributed by atoms with Crippen LogP contribution in [0, 0.1) is 6.92 Å². The molecule has 0 N–H and O–H groups in total. The number of benzene rings is 2. The van der Waals surface area contributed by atoms with Gasteiger partial charge in [0.05, 0.1) is 18.2 Å². The summed E-state index contributed by atoms with van der Waals surface area (Å²) in [6.45, 7) is 3.26. The Balaban J connectivity index is 1.46. The van der Waals surface area contributed by atoms with Crippen molar-refractivity contribution in [1.82, 2.24) is 4.98 Å². The summed E-state index contributed by atoms with van der Waals surface area (Å²) in [4.78, 5) is 4.39. The monoisotopic (exact) mass is 341 g/mol. The fraction of sp³-hybridized carbons (Fsp3) is 0.250. The standard InChI is InChI=1S/C20H20ClNO2/c1-15-7-4-10-17(21)20(15)24-14-3-2-13-23-18-11-5-8-16-9-6-12-22-19(16)18/h4-12H,2-3,13-14H2,1H3. The summed E-state index contributed by atoms with van der Waals surface area (Å²) in [6, 6.07) is 15.7. The number of para-hydroxylation sites is 2. The van der Waals surface area contributed by atoms with Gasteiger partial charge in [0.25, 0.3) is 0 Å². The summed E-state index contributed by atoms with van der Waals surface area (Å²) in [5.74, 6) is 1.61. The number of fused-ring (bicyclic) bond motifs is 1. The number of aromatic nitrogens is 1. The molecule has 3 aromatic rings. The van der Waals surface area contributed by atoms with Gasteiger partial charge in [0.15, 0.2) is 0 Å². The van der Waals surface area contributed by atoms with Gasteiger partial charge in [-0.3, -0.25) is 4.98 Å². The minimum Gasteiger partial charge on any atom is -0.492 e. The van der Waals surface area contributed by atoms with Gasteiger partial charge in [0.2, 0.25) is 0 Å². The summed E-state index contributed by atoms with van der Waals surface area (Å²) in [7, 11) is 0. The van der Waals surface area contributed by atoms with Gasteiger partial charge in [0, 0.05) is 11.6 Å². The predicted octanol–water partition coefficient (Wildman–Crippen LogP) is 5.43. The van der Waals surface area contributed by atoms with E-state index >= 15 is 0 Å². The van der Waals surface area contributed by atoms with Crippen molar-refractivity contribution < 1.29 is 9.47 Å². The van der Waals surface area contributed by atoms with Crippen LogP contribution in [-0.2, 0) is 0 Å². The first kappa shape index (κ1) is 16.6. The molecule has 0 amide bonds. The van der Waals surface area contributed by atoms with Gasteiger partial charge in [-0.25, -0.2) is 0 Å². The number of aryl methyl sites for hydroxylation is 1. The van der Waals surface area contributed by atoms with Gasteiger partial charge < -0.3 is 9.47 Å². The first-order valence-corrected chi connectivity index (χ1v) is 8.48. The molecule has 3 rings (SSSR count). The Hall–Kier alpha value is -2.26. The molecular formula is C20H20ClNO2. The van der Waals surface area contributed by atoms with Crippen LogP contribution < -0.4 is 9.47 Å². The molecule has 0 aliphatic carbocycles. The Kier molecular flexibility index (Phi) is 5.55. The maximum Gasteiger partial charge on any atom is 0.145 e. The van der Waals surface area contributed by atoms with Crippen LogP contribution in [0.3, 0.4) is 0 Å². The molecule has 0 spiro atoms. The number of hydrogen-bond donors (Lipinski definition) is 0. The second-order valence-corrected chi connectivity index (χ2v) is 6.03. The minimum atomic E-state index is 0.627. The fourth-order valence-electron chi connectivity index (χ4n) is 2.55. The van der Waals surface area contributed by atoms with E-state index < -0.39 is 0 Å². The maximum absolute atomic E-state index is 6.15. The highest BCUT2D eigenvalue weighted by Crippen LogP contribution is 2.28. The highest BCUT2D eigenvalue weighted by atomic mass is 35.5. The van der Waals surface area contributed by atoms with Gasteiger partial charge >= 0.3 is 0 Å². The van der Waals surface area contributed by atoms with Crippen molar-refractivity contribution >= 4 is 22.5 Å². The Labute approximate surface area is 147 Å². The molecule has 0 atom stereocenters. The van der Waals surface area contributed by atoms with Crippen molar-refractivity contribution in [3.8, 4) is 11.5 Å². The molecule has 24 heavy (non-hydrogen) atoms. The number of pyridine rings is 1. The molecule has 3 nitrogen and oxygen atoms in total. The zero-order valence-corrected chi connectivity index (χ0v) is 14.4. The van der Waals surface area contributed by atoms with E-state index in [0.717, 1.165) is 40.8 Å². The largest absolute Gasteiger partial charge is 0.492 e. The molecule has 0 bridgehead atoms. The highest BCUT2D eigenvalue weighted by Gasteiger charge is 2.05. The number of nitrogens with zero attached hydrogens (tertiary/aromatic N) is 1. The molecule has 0 fully saturated rings. The smallest absolute Gasteiger partial charge is 0.145 e. The molecule has 0 saturated heterocycles. The molecule has 0 aliphatic rings. The van der Waals surface area contributed by atoms with Crippen LogP contribution >= 0.6 is 11.6 Å². The Morgan fingerprint density at radius 3 is 2.50 bits per heavy atom. The van der Waals surface area contributed by atoms with Gasteiger partial charge in [-0.05, 0) is 43.5 Å². The van der Waals surface area contributed by atoms with Crippen LogP contribution in [-0.4, -0.2) is 18.2 Å². The van der Waals surface area contributed by atoms with E-state index in [2.05, 4.69) is 4.98 Å². The second-order valence-electron chi connectivity index (χ2n) is 5.62. The van der Waals surface area contributed by atoms with Gasteiger partial charge in [0.1, 0.15) is 17.0 Å². The van der Waals surface area contributed by atoms with Gasteiger partial charge in [-0.1, -0.05) is 41.9 Å². The number of halogens is 1. The third-order valence-electron chi connectivity index (χ3n) is 3.80. The summed E-state index contributed by atoms with van der Waals surface area (Å²) < 4.78 is 11.7. The Morgan fingerprint density at radius 2 is 1.67 bits per heavy atom. The lowest BCUT2D eigenvalue weighted by Crippen LogP contribution is -2.04.